The average Bonchev–Trinajstić information content (AvgIpc) is 2.54. The van der Waals surface area contributed by atoms with Crippen molar-refractivity contribution >= 4 is 23.2 Å². The minimum Gasteiger partial charge on any atom is -0.457 e. The second-order valence-corrected chi connectivity index (χ2v) is 5.91. The first-order valence-electron chi connectivity index (χ1n) is 7.08. The van der Waals surface area contributed by atoms with Crippen LogP contribution in [0.2, 0.25) is 10.0 Å². The highest BCUT2D eigenvalue weighted by molar-refractivity contribution is 6.30. The first-order chi connectivity index (χ1) is 11.1. The minimum absolute atomic E-state index is 0.681. The molecule has 0 amide bonds. The van der Waals surface area contributed by atoms with Gasteiger partial charge in [0, 0.05) is 10.0 Å². The maximum atomic E-state index is 5.87. The fourth-order valence-corrected chi connectivity index (χ4v) is 2.32. The molecule has 0 saturated heterocycles. The molecule has 0 bridgehead atoms. The quantitative estimate of drug-likeness (QED) is 0.513. The van der Waals surface area contributed by atoms with Gasteiger partial charge in [0.1, 0.15) is 23.0 Å². The van der Waals surface area contributed by atoms with Crippen LogP contribution in [0.1, 0.15) is 5.56 Å². The standard InChI is InChI=1S/C19H14Cl2O2/c1-13-12-18(22-16-6-2-14(20)3-7-16)10-11-19(13)23-17-8-4-15(21)5-9-17/h2-12H,1H3. The van der Waals surface area contributed by atoms with E-state index in [1.165, 1.54) is 0 Å². The zero-order chi connectivity index (χ0) is 16.2. The lowest BCUT2D eigenvalue weighted by Crippen LogP contribution is -1.89. The Morgan fingerprint density at radius 2 is 1.09 bits per heavy atom. The molecule has 0 aromatic heterocycles. The molecule has 3 rings (SSSR count). The largest absolute Gasteiger partial charge is 0.457 e. The van der Waals surface area contributed by atoms with Gasteiger partial charge in [-0.2, -0.15) is 0 Å². The normalized spacial score (nSPS) is 10.4. The van der Waals surface area contributed by atoms with Crippen LogP contribution in [-0.4, -0.2) is 0 Å². The Bertz CT molecular complexity index is 797. The fraction of sp³-hybridized carbons (Fsp3) is 0.0526. The summed E-state index contributed by atoms with van der Waals surface area (Å²) in [7, 11) is 0. The molecule has 2 nitrogen and oxygen atoms in total. The number of rotatable bonds is 4. The summed E-state index contributed by atoms with van der Waals surface area (Å²) < 4.78 is 11.7. The summed E-state index contributed by atoms with van der Waals surface area (Å²) in [5.41, 5.74) is 0.978. The summed E-state index contributed by atoms with van der Waals surface area (Å²) in [5.74, 6) is 2.99. The van der Waals surface area contributed by atoms with Gasteiger partial charge in [-0.3, -0.25) is 0 Å². The van der Waals surface area contributed by atoms with Crippen LogP contribution in [0.25, 0.3) is 0 Å². The molecule has 3 aromatic carbocycles. The molecule has 0 unspecified atom stereocenters. The van der Waals surface area contributed by atoms with Crippen molar-refractivity contribution in [2.75, 3.05) is 0 Å². The van der Waals surface area contributed by atoms with E-state index in [9.17, 15) is 0 Å². The van der Waals surface area contributed by atoms with Crippen molar-refractivity contribution < 1.29 is 9.47 Å². The lowest BCUT2D eigenvalue weighted by Gasteiger charge is -2.11. The van der Waals surface area contributed by atoms with Gasteiger partial charge in [-0.15, -0.1) is 0 Å². The van der Waals surface area contributed by atoms with Crippen LogP contribution in [0.4, 0.5) is 0 Å². The predicted octanol–water partition coefficient (Wildman–Crippen LogP) is 6.89. The van der Waals surface area contributed by atoms with Gasteiger partial charge in [0.25, 0.3) is 0 Å². The summed E-state index contributed by atoms with van der Waals surface area (Å²) in [6, 6.07) is 20.2. The Hall–Kier alpha value is -2.16. The third-order valence-electron chi connectivity index (χ3n) is 3.24. The number of benzene rings is 3. The van der Waals surface area contributed by atoms with Gasteiger partial charge in [-0.05, 0) is 79.2 Å². The Morgan fingerprint density at radius 1 is 0.609 bits per heavy atom. The van der Waals surface area contributed by atoms with Gasteiger partial charge in [0.15, 0.2) is 0 Å². The van der Waals surface area contributed by atoms with Crippen molar-refractivity contribution in [3.05, 3.63) is 82.3 Å². The monoisotopic (exact) mass is 344 g/mol. The zero-order valence-electron chi connectivity index (χ0n) is 12.4. The molecular weight excluding hydrogens is 331 g/mol. The Kier molecular flexibility index (Phi) is 4.75. The summed E-state index contributed by atoms with van der Waals surface area (Å²) in [6.45, 7) is 1.97. The molecule has 0 atom stereocenters. The highest BCUT2D eigenvalue weighted by Crippen LogP contribution is 2.31. The minimum atomic E-state index is 0.681. The van der Waals surface area contributed by atoms with E-state index in [0.29, 0.717) is 10.0 Å². The van der Waals surface area contributed by atoms with Gasteiger partial charge in [0.05, 0.1) is 0 Å². The van der Waals surface area contributed by atoms with E-state index in [1.807, 2.05) is 49.4 Å². The van der Waals surface area contributed by atoms with Crippen molar-refractivity contribution in [3.63, 3.8) is 0 Å². The first kappa shape index (κ1) is 15.7. The third kappa shape index (κ3) is 4.19. The Morgan fingerprint density at radius 3 is 1.61 bits per heavy atom. The fourth-order valence-electron chi connectivity index (χ4n) is 2.07. The van der Waals surface area contributed by atoms with Gasteiger partial charge in [-0.1, -0.05) is 23.2 Å². The molecular formula is C19H14Cl2O2. The molecule has 0 saturated carbocycles. The van der Waals surface area contributed by atoms with Gasteiger partial charge < -0.3 is 9.47 Å². The van der Waals surface area contributed by atoms with E-state index >= 15 is 0 Å². The molecule has 4 heteroatoms. The summed E-state index contributed by atoms with van der Waals surface area (Å²) >= 11 is 11.7. The van der Waals surface area contributed by atoms with E-state index in [0.717, 1.165) is 28.6 Å². The van der Waals surface area contributed by atoms with Crippen molar-refractivity contribution in [3.8, 4) is 23.0 Å². The second-order valence-electron chi connectivity index (χ2n) is 5.04. The molecule has 116 valence electrons. The molecule has 0 aliphatic rings. The number of hydrogen-bond donors (Lipinski definition) is 0. The molecule has 3 aromatic rings. The molecule has 0 fully saturated rings. The summed E-state index contributed by atoms with van der Waals surface area (Å²) in [6.07, 6.45) is 0. The first-order valence-corrected chi connectivity index (χ1v) is 7.83. The van der Waals surface area contributed by atoms with Crippen LogP contribution in [0.5, 0.6) is 23.0 Å². The highest BCUT2D eigenvalue weighted by Gasteiger charge is 2.05. The topological polar surface area (TPSA) is 18.5 Å². The van der Waals surface area contributed by atoms with Gasteiger partial charge in [0.2, 0.25) is 0 Å². The molecule has 0 aliphatic carbocycles. The van der Waals surface area contributed by atoms with Crippen LogP contribution < -0.4 is 9.47 Å². The number of halogens is 2. The SMILES string of the molecule is Cc1cc(Oc2ccc(Cl)cc2)ccc1Oc1ccc(Cl)cc1. The lowest BCUT2D eigenvalue weighted by molar-refractivity contribution is 0.466. The number of ether oxygens (including phenoxy) is 2. The van der Waals surface area contributed by atoms with Gasteiger partial charge >= 0.3 is 0 Å². The number of hydrogen-bond acceptors (Lipinski definition) is 2. The van der Waals surface area contributed by atoms with Crippen LogP contribution in [0.3, 0.4) is 0 Å². The molecule has 0 spiro atoms. The summed E-state index contributed by atoms with van der Waals surface area (Å²) in [5, 5.41) is 1.36. The third-order valence-corrected chi connectivity index (χ3v) is 3.74. The second kappa shape index (κ2) is 6.95. The maximum absolute atomic E-state index is 5.87. The average molecular weight is 345 g/mol. The van der Waals surface area contributed by atoms with Crippen LogP contribution in [-0.2, 0) is 0 Å². The van der Waals surface area contributed by atoms with E-state index in [1.54, 1.807) is 24.3 Å². The van der Waals surface area contributed by atoms with Crippen molar-refractivity contribution in [1.29, 1.82) is 0 Å². The molecule has 0 radical (unpaired) electrons. The van der Waals surface area contributed by atoms with E-state index in [-0.39, 0.29) is 0 Å². The zero-order valence-corrected chi connectivity index (χ0v) is 13.9. The Balaban J connectivity index is 1.75. The molecule has 23 heavy (non-hydrogen) atoms. The van der Waals surface area contributed by atoms with Crippen LogP contribution in [0, 0.1) is 6.92 Å². The molecule has 0 aliphatic heterocycles. The van der Waals surface area contributed by atoms with Crippen molar-refractivity contribution in [1.82, 2.24) is 0 Å². The molecule has 0 heterocycles. The van der Waals surface area contributed by atoms with E-state index in [4.69, 9.17) is 32.7 Å². The Labute approximate surface area is 145 Å². The van der Waals surface area contributed by atoms with E-state index < -0.39 is 0 Å². The maximum Gasteiger partial charge on any atom is 0.130 e. The van der Waals surface area contributed by atoms with Crippen LogP contribution >= 0.6 is 23.2 Å². The number of aryl methyl sites for hydroxylation is 1. The van der Waals surface area contributed by atoms with Crippen molar-refractivity contribution in [2.24, 2.45) is 0 Å². The smallest absolute Gasteiger partial charge is 0.130 e. The molecule has 0 N–H and O–H groups in total. The van der Waals surface area contributed by atoms with Crippen molar-refractivity contribution in [2.45, 2.75) is 6.92 Å². The van der Waals surface area contributed by atoms with Crippen LogP contribution in [0.15, 0.2) is 66.7 Å². The van der Waals surface area contributed by atoms with E-state index in [2.05, 4.69) is 0 Å². The summed E-state index contributed by atoms with van der Waals surface area (Å²) in [4.78, 5) is 0. The highest BCUT2D eigenvalue weighted by atomic mass is 35.5. The predicted molar refractivity (Wildman–Crippen MR) is 94.2 cm³/mol. The lowest BCUT2D eigenvalue weighted by atomic mass is 10.2. The van der Waals surface area contributed by atoms with Gasteiger partial charge in [-0.25, -0.2) is 0 Å².